The van der Waals surface area contributed by atoms with Gasteiger partial charge < -0.3 is 10.2 Å². The van der Waals surface area contributed by atoms with E-state index in [4.69, 9.17) is 0 Å². The van der Waals surface area contributed by atoms with Crippen molar-refractivity contribution >= 4 is 30.7 Å². The van der Waals surface area contributed by atoms with Crippen molar-refractivity contribution in [3.05, 3.63) is 0 Å². The molecule has 3 fully saturated rings. The summed E-state index contributed by atoms with van der Waals surface area (Å²) in [6.45, 7) is 7.08. The molecule has 0 aromatic carbocycles. The van der Waals surface area contributed by atoms with Gasteiger partial charge in [0.2, 0.25) is 5.91 Å². The van der Waals surface area contributed by atoms with Crippen molar-refractivity contribution in [3.8, 4) is 0 Å². The van der Waals surface area contributed by atoms with Gasteiger partial charge in [0.25, 0.3) is 0 Å². The van der Waals surface area contributed by atoms with Crippen LogP contribution in [0.2, 0.25) is 0 Å². The van der Waals surface area contributed by atoms with Gasteiger partial charge in [-0.3, -0.25) is 9.69 Å². The Balaban J connectivity index is 0.00000121. The molecule has 1 saturated carbocycles. The smallest absolute Gasteiger partial charge is 0.242 e. The van der Waals surface area contributed by atoms with E-state index >= 15 is 0 Å². The maximum Gasteiger partial charge on any atom is 0.242 e. The third kappa shape index (κ3) is 4.28. The normalized spacial score (nSPS) is 30.5. The molecule has 6 heteroatoms. The van der Waals surface area contributed by atoms with E-state index in [0.29, 0.717) is 5.91 Å². The maximum atomic E-state index is 12.7. The Morgan fingerprint density at radius 2 is 1.64 bits per heavy atom. The SMILES string of the molecule is CC1(C(=O)N2CCN(C3CCCC3)CC2)CCCCN1.Cl.Cl. The lowest BCUT2D eigenvalue weighted by molar-refractivity contribution is -0.140. The molecule has 4 nitrogen and oxygen atoms in total. The van der Waals surface area contributed by atoms with Crippen LogP contribution in [0.4, 0.5) is 0 Å². The third-order valence-electron chi connectivity index (χ3n) is 5.53. The summed E-state index contributed by atoms with van der Waals surface area (Å²) in [5, 5.41) is 3.45. The number of nitrogens with one attached hydrogen (secondary N) is 1. The molecule has 0 aromatic heterocycles. The number of halogens is 2. The van der Waals surface area contributed by atoms with E-state index in [9.17, 15) is 4.79 Å². The molecule has 22 heavy (non-hydrogen) atoms. The summed E-state index contributed by atoms with van der Waals surface area (Å²) >= 11 is 0. The van der Waals surface area contributed by atoms with Gasteiger partial charge in [0.05, 0.1) is 5.54 Å². The minimum absolute atomic E-state index is 0. The number of rotatable bonds is 2. The van der Waals surface area contributed by atoms with Crippen molar-refractivity contribution in [1.29, 1.82) is 0 Å². The first-order valence-corrected chi connectivity index (χ1v) is 8.47. The molecule has 0 spiro atoms. The van der Waals surface area contributed by atoms with Gasteiger partial charge in [0, 0.05) is 32.2 Å². The van der Waals surface area contributed by atoms with Crippen LogP contribution in [-0.2, 0) is 4.79 Å². The molecule has 3 aliphatic rings. The molecule has 1 amide bonds. The molecule has 2 saturated heterocycles. The van der Waals surface area contributed by atoms with E-state index in [1.165, 1.54) is 38.5 Å². The number of hydrogen-bond acceptors (Lipinski definition) is 3. The molecule has 1 atom stereocenters. The third-order valence-corrected chi connectivity index (χ3v) is 5.53. The van der Waals surface area contributed by atoms with Crippen LogP contribution in [0.15, 0.2) is 0 Å². The zero-order valence-corrected chi connectivity index (χ0v) is 15.3. The van der Waals surface area contributed by atoms with Crippen LogP contribution >= 0.6 is 24.8 Å². The van der Waals surface area contributed by atoms with E-state index in [1.807, 2.05) is 0 Å². The van der Waals surface area contributed by atoms with E-state index in [0.717, 1.165) is 45.2 Å². The molecule has 0 radical (unpaired) electrons. The number of carbonyl (C=O) groups is 1. The second-order valence-corrected chi connectivity index (χ2v) is 6.98. The van der Waals surface area contributed by atoms with Crippen molar-refractivity contribution in [2.45, 2.75) is 63.5 Å². The number of amides is 1. The Morgan fingerprint density at radius 1 is 1.00 bits per heavy atom. The minimum Gasteiger partial charge on any atom is -0.339 e. The summed E-state index contributed by atoms with van der Waals surface area (Å²) in [4.78, 5) is 17.5. The minimum atomic E-state index is -0.298. The van der Waals surface area contributed by atoms with Crippen LogP contribution < -0.4 is 5.32 Å². The molecule has 1 N–H and O–H groups in total. The summed E-state index contributed by atoms with van der Waals surface area (Å²) in [5.74, 6) is 0.336. The van der Waals surface area contributed by atoms with Gasteiger partial charge in [-0.25, -0.2) is 0 Å². The lowest BCUT2D eigenvalue weighted by Gasteiger charge is -2.43. The molecule has 130 valence electrons. The average molecular weight is 352 g/mol. The van der Waals surface area contributed by atoms with Gasteiger partial charge in [-0.15, -0.1) is 24.8 Å². The van der Waals surface area contributed by atoms with E-state index in [1.54, 1.807) is 0 Å². The van der Waals surface area contributed by atoms with Crippen molar-refractivity contribution in [2.75, 3.05) is 32.7 Å². The molecular formula is C16H31Cl2N3O. The van der Waals surface area contributed by atoms with Crippen molar-refractivity contribution in [2.24, 2.45) is 0 Å². The lowest BCUT2D eigenvalue weighted by Crippen LogP contribution is -2.61. The van der Waals surface area contributed by atoms with Crippen LogP contribution in [0.5, 0.6) is 0 Å². The maximum absolute atomic E-state index is 12.7. The standard InChI is InChI=1S/C16H29N3O.2ClH/c1-16(8-4-5-9-17-16)15(20)19-12-10-18(11-13-19)14-6-2-3-7-14;;/h14,17H,2-13H2,1H3;2*1H. The highest BCUT2D eigenvalue weighted by atomic mass is 35.5. The first-order valence-electron chi connectivity index (χ1n) is 8.47. The molecule has 2 heterocycles. The fourth-order valence-electron chi connectivity index (χ4n) is 4.15. The number of carbonyl (C=O) groups excluding carboxylic acids is 1. The fraction of sp³-hybridized carbons (Fsp3) is 0.938. The second-order valence-electron chi connectivity index (χ2n) is 6.98. The largest absolute Gasteiger partial charge is 0.339 e. The average Bonchev–Trinajstić information content (AvgIpc) is 3.02. The van der Waals surface area contributed by atoms with Gasteiger partial charge in [-0.1, -0.05) is 12.8 Å². The highest BCUT2D eigenvalue weighted by Crippen LogP contribution is 2.26. The van der Waals surface area contributed by atoms with Crippen LogP contribution in [0.25, 0.3) is 0 Å². The Morgan fingerprint density at radius 3 is 2.18 bits per heavy atom. The van der Waals surface area contributed by atoms with Crippen molar-refractivity contribution < 1.29 is 4.79 Å². The Hall–Kier alpha value is -0.0300. The predicted octanol–water partition coefficient (Wildman–Crippen LogP) is 2.45. The first kappa shape index (κ1) is 20.0. The van der Waals surface area contributed by atoms with Crippen LogP contribution in [0.1, 0.15) is 51.9 Å². The fourth-order valence-corrected chi connectivity index (χ4v) is 4.15. The quantitative estimate of drug-likeness (QED) is 0.829. The zero-order chi connectivity index (χ0) is 14.0. The molecular weight excluding hydrogens is 321 g/mol. The molecule has 1 unspecified atom stereocenters. The molecule has 1 aliphatic carbocycles. The summed E-state index contributed by atoms with van der Waals surface area (Å²) in [6, 6.07) is 0.802. The molecule has 0 bridgehead atoms. The van der Waals surface area contributed by atoms with E-state index in [2.05, 4.69) is 22.0 Å². The van der Waals surface area contributed by atoms with Crippen molar-refractivity contribution in [1.82, 2.24) is 15.1 Å². The molecule has 0 aromatic rings. The highest BCUT2D eigenvalue weighted by molar-refractivity contribution is 5.86. The van der Waals surface area contributed by atoms with E-state index < -0.39 is 0 Å². The van der Waals surface area contributed by atoms with Crippen molar-refractivity contribution in [3.63, 3.8) is 0 Å². The van der Waals surface area contributed by atoms with Gasteiger partial charge in [-0.05, 0) is 45.6 Å². The predicted molar refractivity (Wildman–Crippen MR) is 95.2 cm³/mol. The Kier molecular flexibility index (Phi) is 7.93. The number of piperidine rings is 1. The van der Waals surface area contributed by atoms with Gasteiger partial charge in [-0.2, -0.15) is 0 Å². The van der Waals surface area contributed by atoms with Gasteiger partial charge in [0.15, 0.2) is 0 Å². The highest BCUT2D eigenvalue weighted by Gasteiger charge is 2.39. The molecule has 2 aliphatic heterocycles. The number of hydrogen-bond donors (Lipinski definition) is 1. The van der Waals surface area contributed by atoms with Gasteiger partial charge in [0.1, 0.15) is 0 Å². The first-order chi connectivity index (χ1) is 9.69. The van der Waals surface area contributed by atoms with Crippen LogP contribution in [-0.4, -0.2) is 60.0 Å². The summed E-state index contributed by atoms with van der Waals surface area (Å²) in [6.07, 6.45) is 8.91. The topological polar surface area (TPSA) is 35.6 Å². The molecule has 3 rings (SSSR count). The number of piperazine rings is 1. The Bertz CT molecular complexity index is 347. The van der Waals surface area contributed by atoms with E-state index in [-0.39, 0.29) is 30.4 Å². The van der Waals surface area contributed by atoms with Crippen LogP contribution in [0, 0.1) is 0 Å². The summed E-state index contributed by atoms with van der Waals surface area (Å²) < 4.78 is 0. The van der Waals surface area contributed by atoms with Crippen LogP contribution in [0.3, 0.4) is 0 Å². The number of nitrogens with zero attached hydrogens (tertiary/aromatic N) is 2. The second kappa shape index (κ2) is 8.72. The monoisotopic (exact) mass is 351 g/mol. The Labute approximate surface area is 147 Å². The summed E-state index contributed by atoms with van der Waals surface area (Å²) in [7, 11) is 0. The summed E-state index contributed by atoms with van der Waals surface area (Å²) in [5.41, 5.74) is -0.298. The lowest BCUT2D eigenvalue weighted by atomic mass is 9.89. The van der Waals surface area contributed by atoms with Gasteiger partial charge >= 0.3 is 0 Å². The zero-order valence-electron chi connectivity index (χ0n) is 13.7.